The topological polar surface area (TPSA) is 54.3 Å². The fourth-order valence-corrected chi connectivity index (χ4v) is 3.93. The summed E-state index contributed by atoms with van der Waals surface area (Å²) in [5.74, 6) is -1.36. The van der Waals surface area contributed by atoms with Gasteiger partial charge in [-0.3, -0.25) is 9.48 Å². The molecule has 1 fully saturated rings. The first-order chi connectivity index (χ1) is 12.0. The summed E-state index contributed by atoms with van der Waals surface area (Å²) >= 11 is 1.26. The predicted octanol–water partition coefficient (Wildman–Crippen LogP) is 2.27. The molecule has 25 heavy (non-hydrogen) atoms. The lowest BCUT2D eigenvalue weighted by Gasteiger charge is -2.34. The zero-order valence-corrected chi connectivity index (χ0v) is 14.3. The molecule has 6 nitrogen and oxygen atoms in total. The van der Waals surface area contributed by atoms with E-state index in [1.807, 2.05) is 4.90 Å². The van der Waals surface area contributed by atoms with Gasteiger partial charge in [0.2, 0.25) is 0 Å². The van der Waals surface area contributed by atoms with Gasteiger partial charge in [-0.05, 0) is 12.1 Å². The number of amides is 1. The number of hydrogen-bond donors (Lipinski definition) is 0. The molecule has 1 aliphatic heterocycles. The quantitative estimate of drug-likeness (QED) is 0.701. The molecule has 0 atom stereocenters. The fourth-order valence-electron chi connectivity index (χ4n) is 2.87. The minimum absolute atomic E-state index is 0.0994. The molecule has 1 aromatic carbocycles. The third-order valence-corrected chi connectivity index (χ3v) is 5.24. The summed E-state index contributed by atoms with van der Waals surface area (Å²) in [7, 11) is 1.77. The lowest BCUT2D eigenvalue weighted by atomic mass is 10.3. The number of hydrogen-bond acceptors (Lipinski definition) is 5. The molecule has 0 radical (unpaired) electrons. The van der Waals surface area contributed by atoms with E-state index in [9.17, 15) is 13.6 Å². The molecule has 9 heteroatoms. The highest BCUT2D eigenvalue weighted by Crippen LogP contribution is 2.31. The van der Waals surface area contributed by atoms with Crippen LogP contribution in [0.15, 0.2) is 24.4 Å². The largest absolute Gasteiger partial charge is 0.345 e. The molecule has 0 bridgehead atoms. The number of piperazine rings is 1. The number of thiazole rings is 1. The molecule has 2 aromatic heterocycles. The summed E-state index contributed by atoms with van der Waals surface area (Å²) < 4.78 is 29.2. The predicted molar refractivity (Wildman–Crippen MR) is 90.9 cm³/mol. The number of anilines is 1. The van der Waals surface area contributed by atoms with Gasteiger partial charge in [-0.2, -0.15) is 5.10 Å². The van der Waals surface area contributed by atoms with E-state index in [4.69, 9.17) is 0 Å². The van der Waals surface area contributed by atoms with Gasteiger partial charge < -0.3 is 9.80 Å². The first-order valence-corrected chi connectivity index (χ1v) is 8.62. The second-order valence-corrected chi connectivity index (χ2v) is 6.89. The third kappa shape index (κ3) is 2.95. The lowest BCUT2D eigenvalue weighted by Crippen LogP contribution is -2.48. The molecule has 3 heterocycles. The van der Waals surface area contributed by atoms with Crippen molar-refractivity contribution >= 4 is 32.6 Å². The number of aryl methyl sites for hydroxylation is 1. The Balaban J connectivity index is 1.48. The van der Waals surface area contributed by atoms with E-state index in [0.717, 1.165) is 6.07 Å². The average molecular weight is 363 g/mol. The second-order valence-electron chi connectivity index (χ2n) is 5.88. The van der Waals surface area contributed by atoms with Gasteiger partial charge >= 0.3 is 0 Å². The van der Waals surface area contributed by atoms with Crippen LogP contribution in [0.1, 0.15) is 10.5 Å². The van der Waals surface area contributed by atoms with E-state index in [1.54, 1.807) is 28.9 Å². The minimum atomic E-state index is -0.651. The summed E-state index contributed by atoms with van der Waals surface area (Å²) in [5, 5.41) is 4.78. The Bertz CT molecular complexity index is 945. The maximum absolute atomic E-state index is 13.8. The molecule has 3 aromatic rings. The summed E-state index contributed by atoms with van der Waals surface area (Å²) in [6.45, 7) is 2.23. The smallest absolute Gasteiger partial charge is 0.274 e. The van der Waals surface area contributed by atoms with Gasteiger partial charge in [-0.1, -0.05) is 11.3 Å². The van der Waals surface area contributed by atoms with E-state index in [0.29, 0.717) is 41.7 Å². The van der Waals surface area contributed by atoms with Crippen molar-refractivity contribution < 1.29 is 13.6 Å². The van der Waals surface area contributed by atoms with Crippen molar-refractivity contribution in [2.24, 2.45) is 7.05 Å². The Labute approximate surface area is 146 Å². The summed E-state index contributed by atoms with van der Waals surface area (Å²) in [6, 6.07) is 3.83. The molecule has 0 saturated carbocycles. The van der Waals surface area contributed by atoms with E-state index in [1.165, 1.54) is 17.4 Å². The molecule has 0 spiro atoms. The zero-order chi connectivity index (χ0) is 17.6. The normalized spacial score (nSPS) is 15.2. The van der Waals surface area contributed by atoms with Crippen LogP contribution in [0.25, 0.3) is 10.2 Å². The van der Waals surface area contributed by atoms with Crippen molar-refractivity contribution in [3.63, 3.8) is 0 Å². The highest BCUT2D eigenvalue weighted by Gasteiger charge is 2.25. The number of benzene rings is 1. The van der Waals surface area contributed by atoms with Crippen molar-refractivity contribution in [2.75, 3.05) is 31.1 Å². The van der Waals surface area contributed by atoms with Crippen molar-refractivity contribution in [2.45, 2.75) is 0 Å². The monoisotopic (exact) mass is 363 g/mol. The minimum Gasteiger partial charge on any atom is -0.345 e. The van der Waals surface area contributed by atoms with Crippen molar-refractivity contribution in [1.82, 2.24) is 19.7 Å². The maximum Gasteiger partial charge on any atom is 0.274 e. The number of halogens is 2. The van der Waals surface area contributed by atoms with Gasteiger partial charge in [0.05, 0.1) is 4.70 Å². The van der Waals surface area contributed by atoms with Crippen LogP contribution in [0, 0.1) is 11.6 Å². The second kappa shape index (κ2) is 6.07. The van der Waals surface area contributed by atoms with Crippen LogP contribution in [0.4, 0.5) is 13.9 Å². The van der Waals surface area contributed by atoms with Crippen LogP contribution in [-0.2, 0) is 7.05 Å². The van der Waals surface area contributed by atoms with Crippen molar-refractivity contribution in [3.05, 3.63) is 41.7 Å². The van der Waals surface area contributed by atoms with Crippen LogP contribution in [0.2, 0.25) is 0 Å². The summed E-state index contributed by atoms with van der Waals surface area (Å²) in [6.07, 6.45) is 1.73. The summed E-state index contributed by atoms with van der Waals surface area (Å²) in [4.78, 5) is 20.4. The molecular weight excluding hydrogens is 348 g/mol. The average Bonchev–Trinajstić information content (AvgIpc) is 3.21. The van der Waals surface area contributed by atoms with E-state index < -0.39 is 11.6 Å². The Kier molecular flexibility index (Phi) is 3.87. The van der Waals surface area contributed by atoms with Crippen LogP contribution < -0.4 is 4.90 Å². The SMILES string of the molecule is Cn1ccc(C(=O)N2CCN(c3nc4c(F)cc(F)cc4s3)CC2)n1. The zero-order valence-electron chi connectivity index (χ0n) is 13.4. The van der Waals surface area contributed by atoms with Crippen LogP contribution in [0.3, 0.4) is 0 Å². The van der Waals surface area contributed by atoms with Gasteiger partial charge in [-0.25, -0.2) is 13.8 Å². The standard InChI is InChI=1S/C16H15F2N5OS/c1-21-3-2-12(20-21)15(24)22-4-6-23(7-5-22)16-19-14-11(18)8-10(17)9-13(14)25-16/h2-3,8-9H,4-7H2,1H3. The van der Waals surface area contributed by atoms with Gasteiger partial charge in [0.25, 0.3) is 5.91 Å². The Morgan fingerprint density at radius 3 is 2.64 bits per heavy atom. The highest BCUT2D eigenvalue weighted by atomic mass is 32.1. The van der Waals surface area contributed by atoms with Crippen LogP contribution in [0.5, 0.6) is 0 Å². The first-order valence-electron chi connectivity index (χ1n) is 7.81. The number of aromatic nitrogens is 3. The molecule has 0 aliphatic carbocycles. The summed E-state index contributed by atoms with van der Waals surface area (Å²) in [5.41, 5.74) is 0.613. The molecule has 0 N–H and O–H groups in total. The highest BCUT2D eigenvalue weighted by molar-refractivity contribution is 7.22. The molecule has 1 amide bonds. The Hall–Kier alpha value is -2.55. The number of carbonyl (C=O) groups excluding carboxylic acids is 1. The molecule has 1 saturated heterocycles. The Morgan fingerprint density at radius 2 is 1.96 bits per heavy atom. The fraction of sp³-hybridized carbons (Fsp3) is 0.312. The van der Waals surface area contributed by atoms with E-state index in [-0.39, 0.29) is 11.4 Å². The van der Waals surface area contributed by atoms with Gasteiger partial charge in [0.1, 0.15) is 17.0 Å². The van der Waals surface area contributed by atoms with Crippen LogP contribution >= 0.6 is 11.3 Å². The Morgan fingerprint density at radius 1 is 1.20 bits per heavy atom. The van der Waals surface area contributed by atoms with Crippen LogP contribution in [-0.4, -0.2) is 51.8 Å². The van der Waals surface area contributed by atoms with Gasteiger partial charge in [0, 0.05) is 45.5 Å². The third-order valence-electron chi connectivity index (χ3n) is 4.17. The molecule has 1 aliphatic rings. The first kappa shape index (κ1) is 15.9. The van der Waals surface area contributed by atoms with Crippen molar-refractivity contribution in [1.29, 1.82) is 0 Å². The van der Waals surface area contributed by atoms with E-state index >= 15 is 0 Å². The number of rotatable bonds is 2. The number of fused-ring (bicyclic) bond motifs is 1. The van der Waals surface area contributed by atoms with Gasteiger partial charge in [-0.15, -0.1) is 0 Å². The molecule has 130 valence electrons. The number of carbonyl (C=O) groups is 1. The molecular formula is C16H15F2N5OS. The molecule has 4 rings (SSSR count). The van der Waals surface area contributed by atoms with Crippen molar-refractivity contribution in [3.8, 4) is 0 Å². The molecule has 0 unspecified atom stereocenters. The lowest BCUT2D eigenvalue weighted by molar-refractivity contribution is 0.0740. The maximum atomic E-state index is 13.8. The van der Waals surface area contributed by atoms with E-state index in [2.05, 4.69) is 10.1 Å². The number of nitrogens with zero attached hydrogens (tertiary/aromatic N) is 5. The van der Waals surface area contributed by atoms with Gasteiger partial charge in [0.15, 0.2) is 10.9 Å².